The number of esters is 3. The van der Waals surface area contributed by atoms with E-state index in [9.17, 15) is 54.0 Å². The van der Waals surface area contributed by atoms with E-state index in [0.717, 1.165) is 18.4 Å². The molecule has 0 amide bonds. The highest BCUT2D eigenvalue weighted by Crippen LogP contribution is 2.71. The van der Waals surface area contributed by atoms with Gasteiger partial charge in [0, 0.05) is 46.3 Å². The Kier molecular flexibility index (Phi) is 17.6. The fraction of sp³-hybridized carbons (Fsp3) is 0.746. The summed E-state index contributed by atoms with van der Waals surface area (Å²) in [4.78, 5) is 89.0. The number of hydrogen-bond donors (Lipinski definition) is 4. The average molecular weight is 1080 g/mol. The number of hydrogen-bond acceptors (Lipinski definition) is 17. The number of alkyl halides is 1. The van der Waals surface area contributed by atoms with E-state index in [1.54, 1.807) is 39.0 Å². The van der Waals surface area contributed by atoms with Gasteiger partial charge in [0.25, 0.3) is 0 Å². The first-order chi connectivity index (χ1) is 36.4. The van der Waals surface area contributed by atoms with Crippen LogP contribution in [0.25, 0.3) is 0 Å². The van der Waals surface area contributed by atoms with E-state index in [4.69, 9.17) is 28.4 Å². The van der Waals surface area contributed by atoms with Gasteiger partial charge in [0.05, 0.1) is 64.7 Å². The molecule has 0 radical (unpaired) electrons. The van der Waals surface area contributed by atoms with E-state index in [-0.39, 0.29) is 120 Å². The number of fused-ring (bicyclic) bond motifs is 10. The van der Waals surface area contributed by atoms with Gasteiger partial charge in [-0.2, -0.15) is 0 Å². The van der Waals surface area contributed by atoms with Gasteiger partial charge in [0.2, 0.25) is 5.78 Å². The normalized spacial score (nSPS) is 39.5. The molecule has 8 rings (SSSR count). The Morgan fingerprint density at radius 2 is 1.19 bits per heavy atom. The van der Waals surface area contributed by atoms with Crippen LogP contribution in [0.4, 0.5) is 4.39 Å². The standard InChI is InChI=1S/C59H81FO17/c1-36-30-44-43-13-11-38-32-40(62)17-20-54(38,3)58(43,60)47(65)34-56(44,5)59(36,71)48(66)35-77-51(69)15-14-50(68)76-29-27-74-25-23-72-22-24-73-26-28-75-49(67)9-7-6-8-46(64)57(70)21-18-42-41-12-10-37-31-39(61)16-19-53(37,2)52(41)45(63)33-55(42,57)4/h16-17,19-20,31-32,36,41-45,47,52,63,65,70-71H,6-15,18,21-30,33-35H2,1-5H3/t36-,41?,42?,43?,44?,45+,47+,52?,53+,54+,55+,56+,57+,58+,59+/m1/s1. The number of rotatable bonds is 24. The Morgan fingerprint density at radius 1 is 0.636 bits per heavy atom. The molecule has 4 N–H and O–H groups in total. The van der Waals surface area contributed by atoms with Gasteiger partial charge in [0.1, 0.15) is 24.4 Å². The van der Waals surface area contributed by atoms with Gasteiger partial charge in [-0.3, -0.25) is 33.6 Å². The minimum Gasteiger partial charge on any atom is -0.463 e. The second kappa shape index (κ2) is 23.0. The number of Topliss-reactive ketones (excluding diaryl/α,β-unsaturated/α-hetero) is 2. The topological polar surface area (TPSA) is 256 Å². The van der Waals surface area contributed by atoms with Crippen LogP contribution in [0.1, 0.15) is 131 Å². The molecular weight excluding hydrogens is 1000 g/mol. The first kappa shape index (κ1) is 58.8. The Morgan fingerprint density at radius 3 is 1.84 bits per heavy atom. The van der Waals surface area contributed by atoms with Crippen molar-refractivity contribution >= 4 is 41.0 Å². The predicted octanol–water partition coefficient (Wildman–Crippen LogP) is 5.50. The van der Waals surface area contributed by atoms with Crippen LogP contribution in [0.15, 0.2) is 47.6 Å². The van der Waals surface area contributed by atoms with E-state index < -0.39 is 98.8 Å². The van der Waals surface area contributed by atoms with Crippen LogP contribution in [0.5, 0.6) is 0 Å². The van der Waals surface area contributed by atoms with Crippen molar-refractivity contribution in [1.82, 2.24) is 0 Å². The molecule has 8 aliphatic rings. The van der Waals surface area contributed by atoms with Crippen molar-refractivity contribution in [2.45, 2.75) is 160 Å². The Bertz CT molecular complexity index is 2430. The summed E-state index contributed by atoms with van der Waals surface area (Å²) < 4.78 is 49.4. The highest BCUT2D eigenvalue weighted by Gasteiger charge is 2.76. The SMILES string of the molecule is C[C@@H]1CC2C3CCC4=CC(=O)C=C[C@]4(C)[C@@]3(F)[C@@H](O)C[C@]2(C)[C@@]1(O)C(=O)COC(=O)CCC(=O)OCCOCCOCCOCCOC(=O)CCCCC(=O)[C@@]1(O)CCC2C3CCC4=CC(=O)C=C[C@]4(C)C3[C@@H](O)C[C@@]21C. The highest BCUT2D eigenvalue weighted by molar-refractivity contribution is 6.02. The van der Waals surface area contributed by atoms with Gasteiger partial charge in [-0.05, 0) is 126 Å². The number of carbonyl (C=O) groups excluding carboxylic acids is 7. The summed E-state index contributed by atoms with van der Waals surface area (Å²) in [6.45, 7) is 9.58. The van der Waals surface area contributed by atoms with Crippen molar-refractivity contribution in [1.29, 1.82) is 0 Å². The van der Waals surface area contributed by atoms with E-state index >= 15 is 4.39 Å². The number of aliphatic hydroxyl groups is 4. The summed E-state index contributed by atoms with van der Waals surface area (Å²) in [5, 5.41) is 47.3. The van der Waals surface area contributed by atoms with E-state index in [1.807, 2.05) is 13.0 Å². The smallest absolute Gasteiger partial charge is 0.306 e. The van der Waals surface area contributed by atoms with Gasteiger partial charge in [-0.25, -0.2) is 4.39 Å². The molecule has 0 aromatic carbocycles. The molecule has 15 atom stereocenters. The molecule has 17 nitrogen and oxygen atoms in total. The monoisotopic (exact) mass is 1080 g/mol. The number of unbranched alkanes of at least 4 members (excludes halogenated alkanes) is 1. The second-order valence-corrected chi connectivity index (χ2v) is 24.3. The van der Waals surface area contributed by atoms with Gasteiger partial charge in [0.15, 0.2) is 29.6 Å². The molecule has 0 spiro atoms. The molecule has 0 aromatic heterocycles. The van der Waals surface area contributed by atoms with Crippen LogP contribution in [-0.4, -0.2) is 150 Å². The fourth-order valence-corrected chi connectivity index (χ4v) is 16.3. The number of carbonyl (C=O) groups is 7. The minimum absolute atomic E-state index is 0.0241. The molecule has 0 bridgehead atoms. The molecule has 0 heterocycles. The largest absolute Gasteiger partial charge is 0.463 e. The van der Waals surface area contributed by atoms with Gasteiger partial charge >= 0.3 is 17.9 Å². The van der Waals surface area contributed by atoms with E-state index in [2.05, 4.69) is 6.92 Å². The van der Waals surface area contributed by atoms with Crippen molar-refractivity contribution in [3.8, 4) is 0 Å². The van der Waals surface area contributed by atoms with E-state index in [1.165, 1.54) is 12.2 Å². The van der Waals surface area contributed by atoms with Crippen molar-refractivity contribution in [2.75, 3.05) is 59.5 Å². The zero-order valence-electron chi connectivity index (χ0n) is 45.5. The maximum absolute atomic E-state index is 17.5. The predicted molar refractivity (Wildman–Crippen MR) is 274 cm³/mol. The third-order valence-corrected chi connectivity index (χ3v) is 20.4. The second-order valence-electron chi connectivity index (χ2n) is 24.3. The molecule has 6 saturated carbocycles. The van der Waals surface area contributed by atoms with Gasteiger partial charge in [-0.1, -0.05) is 51.0 Å². The number of halogens is 1. The molecule has 0 aromatic rings. The molecule has 426 valence electrons. The van der Waals surface area contributed by atoms with Crippen molar-refractivity contribution in [2.24, 2.45) is 57.2 Å². The van der Waals surface area contributed by atoms with Crippen molar-refractivity contribution < 1.29 is 86.8 Å². The third-order valence-electron chi connectivity index (χ3n) is 20.4. The molecule has 77 heavy (non-hydrogen) atoms. The third kappa shape index (κ3) is 10.6. The fourth-order valence-electron chi connectivity index (χ4n) is 16.3. The lowest BCUT2D eigenvalue weighted by Crippen LogP contribution is -2.69. The zero-order valence-corrected chi connectivity index (χ0v) is 45.5. The number of aliphatic hydroxyl groups excluding tert-OH is 2. The number of ether oxygens (including phenoxy) is 6. The highest BCUT2D eigenvalue weighted by atomic mass is 19.1. The van der Waals surface area contributed by atoms with Crippen LogP contribution < -0.4 is 0 Å². The summed E-state index contributed by atoms with van der Waals surface area (Å²) in [5.41, 5.74) is -7.61. The molecule has 0 aliphatic heterocycles. The van der Waals surface area contributed by atoms with Crippen LogP contribution in [0, 0.1) is 57.2 Å². The minimum atomic E-state index is -2.12. The summed E-state index contributed by atoms with van der Waals surface area (Å²) >= 11 is 0. The van der Waals surface area contributed by atoms with Gasteiger partial charge in [-0.15, -0.1) is 0 Å². The first-order valence-corrected chi connectivity index (χ1v) is 28.1. The number of allylic oxidation sites excluding steroid dienone is 8. The van der Waals surface area contributed by atoms with E-state index in [0.29, 0.717) is 56.9 Å². The Hall–Kier alpha value is -4.30. The van der Waals surface area contributed by atoms with Gasteiger partial charge < -0.3 is 48.8 Å². The Balaban J connectivity index is 0.622. The molecular formula is C59H81FO17. The number of ketones is 4. The zero-order chi connectivity index (χ0) is 55.8. The molecule has 18 heteroatoms. The molecule has 5 unspecified atom stereocenters. The lowest BCUT2D eigenvalue weighted by Gasteiger charge is -2.62. The maximum atomic E-state index is 17.5. The molecule has 0 saturated heterocycles. The lowest BCUT2D eigenvalue weighted by molar-refractivity contribution is -0.220. The first-order valence-electron chi connectivity index (χ1n) is 28.1. The van der Waals surface area contributed by atoms with Crippen molar-refractivity contribution in [3.05, 3.63) is 47.6 Å². The summed E-state index contributed by atoms with van der Waals surface area (Å²) in [6, 6.07) is 0. The molecule has 8 aliphatic carbocycles. The quantitative estimate of drug-likeness (QED) is 0.0529. The van der Waals surface area contributed by atoms with Crippen LogP contribution in [-0.2, 0) is 62.0 Å². The molecule has 6 fully saturated rings. The van der Waals surface area contributed by atoms with Crippen LogP contribution in [0.2, 0.25) is 0 Å². The van der Waals surface area contributed by atoms with Crippen LogP contribution >= 0.6 is 0 Å². The summed E-state index contributed by atoms with van der Waals surface area (Å²) in [7, 11) is 0. The maximum Gasteiger partial charge on any atom is 0.306 e. The van der Waals surface area contributed by atoms with Crippen LogP contribution in [0.3, 0.4) is 0 Å². The lowest BCUT2D eigenvalue weighted by atomic mass is 9.44. The Labute approximate surface area is 450 Å². The summed E-state index contributed by atoms with van der Waals surface area (Å²) in [6.07, 6.45) is 11.6. The summed E-state index contributed by atoms with van der Waals surface area (Å²) in [5.74, 6) is -4.85. The average Bonchev–Trinajstić information content (AvgIpc) is 3.82. The van der Waals surface area contributed by atoms with Crippen molar-refractivity contribution in [3.63, 3.8) is 0 Å².